The first-order valence-electron chi connectivity index (χ1n) is 15.9. The summed E-state index contributed by atoms with van der Waals surface area (Å²) in [6.07, 6.45) is 11.4. The van der Waals surface area contributed by atoms with Crippen LogP contribution in [0.25, 0.3) is 0 Å². The van der Waals surface area contributed by atoms with E-state index in [1.54, 1.807) is 0 Å². The van der Waals surface area contributed by atoms with Crippen LogP contribution in [0, 0.1) is 11.8 Å². The second-order valence-electron chi connectivity index (χ2n) is 12.6. The molecule has 9 nitrogen and oxygen atoms in total. The lowest BCUT2D eigenvalue weighted by Gasteiger charge is -2.50. The number of rotatable bonds is 12. The van der Waals surface area contributed by atoms with Crippen molar-refractivity contribution in [3.05, 3.63) is 53.0 Å². The van der Waals surface area contributed by atoms with Gasteiger partial charge in [-0.1, -0.05) is 39.8 Å². The van der Waals surface area contributed by atoms with E-state index in [0.717, 1.165) is 56.2 Å². The van der Waals surface area contributed by atoms with Crippen LogP contribution in [0.1, 0.15) is 79.0 Å². The fraction of sp³-hybridized carbons (Fsp3) is 0.667. The Hall–Kier alpha value is -2.59. The number of carbonyl (C=O) groups is 1. The van der Waals surface area contributed by atoms with Crippen molar-refractivity contribution in [2.75, 3.05) is 53.4 Å². The zero-order chi connectivity index (χ0) is 30.7. The van der Waals surface area contributed by atoms with Crippen LogP contribution >= 0.6 is 0 Å². The molecule has 1 aliphatic carbocycles. The summed E-state index contributed by atoms with van der Waals surface area (Å²) in [7, 11) is 4.11. The van der Waals surface area contributed by atoms with Gasteiger partial charge in [-0.05, 0) is 82.4 Å². The van der Waals surface area contributed by atoms with Crippen LogP contribution in [0.3, 0.4) is 0 Å². The molecule has 4 rings (SSSR count). The first-order chi connectivity index (χ1) is 20.1. The number of amidine groups is 1. The first kappa shape index (κ1) is 33.9. The van der Waals surface area contributed by atoms with Gasteiger partial charge in [-0.2, -0.15) is 0 Å². The highest BCUT2D eigenvalue weighted by Gasteiger charge is 2.41. The number of hydrogen-bond acceptors (Lipinski definition) is 8. The molecule has 3 aliphatic rings. The van der Waals surface area contributed by atoms with Crippen molar-refractivity contribution in [1.82, 2.24) is 30.7 Å². The van der Waals surface area contributed by atoms with Crippen LogP contribution in [-0.2, 0) is 11.2 Å². The summed E-state index contributed by atoms with van der Waals surface area (Å²) < 4.78 is 0. The van der Waals surface area contributed by atoms with Crippen LogP contribution in [0.4, 0.5) is 0 Å². The molecule has 2 aliphatic heterocycles. The second-order valence-corrected chi connectivity index (χ2v) is 12.6. The van der Waals surface area contributed by atoms with Crippen LogP contribution in [-0.4, -0.2) is 85.6 Å². The second kappa shape index (κ2) is 16.3. The number of carbonyl (C=O) groups excluding carboxylic acids is 1. The smallest absolute Gasteiger partial charge is 0.220 e. The number of fused-ring (bicyclic) bond motifs is 2. The quantitative estimate of drug-likeness (QED) is 0.296. The molecule has 42 heavy (non-hydrogen) atoms. The summed E-state index contributed by atoms with van der Waals surface area (Å²) in [5, 5.41) is 10.2. The molecule has 0 radical (unpaired) electrons. The Morgan fingerprint density at radius 2 is 2.10 bits per heavy atom. The van der Waals surface area contributed by atoms with E-state index in [4.69, 9.17) is 10.7 Å². The van der Waals surface area contributed by atoms with Gasteiger partial charge in [0.15, 0.2) is 0 Å². The van der Waals surface area contributed by atoms with Gasteiger partial charge in [-0.15, -0.1) is 0 Å². The fourth-order valence-electron chi connectivity index (χ4n) is 5.87. The van der Waals surface area contributed by atoms with E-state index in [0.29, 0.717) is 31.3 Å². The van der Waals surface area contributed by atoms with Crippen LogP contribution in [0.2, 0.25) is 0 Å². The van der Waals surface area contributed by atoms with Gasteiger partial charge < -0.3 is 26.2 Å². The third-order valence-corrected chi connectivity index (χ3v) is 8.52. The number of nitrogens with zero attached hydrogens (tertiary/aromatic N) is 4. The highest BCUT2D eigenvalue weighted by atomic mass is 16.1. The van der Waals surface area contributed by atoms with Crippen molar-refractivity contribution in [1.29, 1.82) is 0 Å². The molecule has 9 heteroatoms. The maximum absolute atomic E-state index is 12.3. The van der Waals surface area contributed by atoms with E-state index in [-0.39, 0.29) is 19.0 Å². The zero-order valence-electron chi connectivity index (χ0n) is 27.2. The number of hydrogen-bond donors (Lipinski definition) is 4. The summed E-state index contributed by atoms with van der Waals surface area (Å²) in [6.45, 7) is 15.9. The molecular formula is C33H58N8O. The minimum atomic E-state index is -0.223. The maximum Gasteiger partial charge on any atom is 0.220 e. The molecule has 0 spiro atoms. The van der Waals surface area contributed by atoms with Crippen LogP contribution in [0.15, 0.2) is 46.7 Å². The van der Waals surface area contributed by atoms with Crippen LogP contribution in [0.5, 0.6) is 0 Å². The van der Waals surface area contributed by atoms with Gasteiger partial charge in [0.05, 0.1) is 17.1 Å². The lowest BCUT2D eigenvalue weighted by Crippen LogP contribution is -2.65. The molecule has 1 aromatic rings. The molecule has 236 valence electrons. The monoisotopic (exact) mass is 582 g/mol. The van der Waals surface area contributed by atoms with Gasteiger partial charge in [0.1, 0.15) is 5.84 Å². The van der Waals surface area contributed by atoms with E-state index in [2.05, 4.69) is 90.6 Å². The minimum absolute atomic E-state index is 0. The summed E-state index contributed by atoms with van der Waals surface area (Å²) in [6, 6.07) is 4.29. The molecule has 5 N–H and O–H groups in total. The Morgan fingerprint density at radius 3 is 2.79 bits per heavy atom. The van der Waals surface area contributed by atoms with Gasteiger partial charge in [0, 0.05) is 58.7 Å². The summed E-state index contributed by atoms with van der Waals surface area (Å²) in [5.41, 5.74) is 10.3. The predicted octanol–water partition coefficient (Wildman–Crippen LogP) is 3.85. The Balaban J connectivity index is 0.000000446. The van der Waals surface area contributed by atoms with E-state index in [1.807, 2.05) is 19.3 Å². The lowest BCUT2D eigenvalue weighted by molar-refractivity contribution is -0.121. The fourth-order valence-corrected chi connectivity index (χ4v) is 5.87. The molecule has 3 heterocycles. The highest BCUT2D eigenvalue weighted by Crippen LogP contribution is 2.32. The zero-order valence-corrected chi connectivity index (χ0v) is 27.2. The van der Waals surface area contributed by atoms with Crippen molar-refractivity contribution in [3.8, 4) is 0 Å². The molecular weight excluding hydrogens is 524 g/mol. The lowest BCUT2D eigenvalue weighted by atomic mass is 9.88. The van der Waals surface area contributed by atoms with Crippen molar-refractivity contribution in [3.63, 3.8) is 0 Å². The van der Waals surface area contributed by atoms with Crippen molar-refractivity contribution in [2.45, 2.75) is 78.4 Å². The molecule has 1 amide bonds. The van der Waals surface area contributed by atoms with Gasteiger partial charge in [0.2, 0.25) is 5.91 Å². The molecule has 0 saturated carbocycles. The summed E-state index contributed by atoms with van der Waals surface area (Å²) >= 11 is 0. The van der Waals surface area contributed by atoms with E-state index < -0.39 is 0 Å². The predicted molar refractivity (Wildman–Crippen MR) is 176 cm³/mol. The number of aliphatic imine (C=N–C) groups is 1. The van der Waals surface area contributed by atoms with Gasteiger partial charge >= 0.3 is 0 Å². The first-order valence-corrected chi connectivity index (χ1v) is 15.9. The van der Waals surface area contributed by atoms with Gasteiger partial charge in [-0.3, -0.25) is 15.1 Å². The van der Waals surface area contributed by atoms with Gasteiger partial charge in [0.25, 0.3) is 0 Å². The number of nitrogens with one attached hydrogen (secondary N) is 3. The maximum atomic E-state index is 12.3. The highest BCUT2D eigenvalue weighted by molar-refractivity contribution is 5.96. The Labute approximate surface area is 256 Å². The third-order valence-electron chi connectivity index (χ3n) is 8.52. The number of nitrogens with two attached hydrogens (primary N) is 1. The van der Waals surface area contributed by atoms with Crippen molar-refractivity contribution >= 4 is 11.7 Å². The number of aryl methyl sites for hydroxylation is 1. The van der Waals surface area contributed by atoms with Crippen LogP contribution < -0.4 is 21.7 Å². The van der Waals surface area contributed by atoms with Crippen molar-refractivity contribution < 1.29 is 6.22 Å². The molecule has 1 aromatic heterocycles. The van der Waals surface area contributed by atoms with E-state index in [1.165, 1.54) is 24.0 Å². The Morgan fingerprint density at radius 1 is 1.31 bits per heavy atom. The average molecular weight is 583 g/mol. The molecule has 3 atom stereocenters. The largest absolute Gasteiger partial charge is 0.352 e. The Bertz CT molecular complexity index is 1120. The van der Waals surface area contributed by atoms with Gasteiger partial charge in [-0.25, -0.2) is 4.99 Å². The number of pyridine rings is 1. The minimum Gasteiger partial charge on any atom is -0.352 e. The standard InChI is InChI=1S/C24H44N6O.C9H12N2.H2/c1-8-12-29(7)13-11-27-24(5)19(4)9-10-22-28-21(16-25-6)20(17-30(22)24)15-26-23(31)14-18(2)3;10-8-5-1-3-7-4-2-6-11-9(7)8;/h9-10,18-19,25,27H,8,11-17H2,1-7H3,(H,26,31);2,4,6,8H,1,3,5,10H2;1H/t;8-;/m.0./s1. The molecule has 2 unspecified atom stereocenters. The third kappa shape index (κ3) is 9.20. The molecule has 0 aromatic carbocycles. The number of amides is 1. The molecule has 0 fully saturated rings. The summed E-state index contributed by atoms with van der Waals surface area (Å²) in [4.78, 5) is 26.3. The number of likely N-dealkylation sites (N-methyl/N-ethyl adjacent to an activating group) is 2. The Kier molecular flexibility index (Phi) is 13.2. The number of aromatic nitrogens is 1. The molecule has 0 saturated heterocycles. The SMILES string of the molecule is CCCN(C)CCNC1(C)C(C)C=CC2=NC(CNC)=C(CNC(=O)CC(C)C)CN21.N[C@H]1CCCc2cccnc21.[HH]. The van der Waals surface area contributed by atoms with Crippen molar-refractivity contribution in [2.24, 2.45) is 22.6 Å². The molecule has 0 bridgehead atoms. The van der Waals surface area contributed by atoms with E-state index >= 15 is 0 Å². The van der Waals surface area contributed by atoms with E-state index in [9.17, 15) is 4.79 Å². The topological polar surface area (TPSA) is 111 Å². The average Bonchev–Trinajstić information content (AvgIpc) is 2.95. The normalized spacial score (nSPS) is 23.3. The summed E-state index contributed by atoms with van der Waals surface area (Å²) in [5.74, 6) is 1.80.